The van der Waals surface area contributed by atoms with Crippen molar-refractivity contribution in [3.63, 3.8) is 0 Å². The van der Waals surface area contributed by atoms with Crippen LogP contribution in [0.4, 0.5) is 15.3 Å². The summed E-state index contributed by atoms with van der Waals surface area (Å²) < 4.78 is 21.7. The highest BCUT2D eigenvalue weighted by Crippen LogP contribution is 2.33. The quantitative estimate of drug-likeness (QED) is 0.00723. The maximum Gasteiger partial charge on any atom is 0.407 e. The molecule has 0 radical (unpaired) electrons. The number of primary amides is 1. The number of rotatable bonds is 32. The number of carbonyl (C=O) groups is 8. The number of urea groups is 1. The largest absolute Gasteiger partial charge is 0.496 e. The SMILES string of the molecule is CC.CI.CNC(C(=O)N[C@@H](CCCNC(N)=O)C(=O)Nc1ccc(COC(=O)NCc2ccc(C(C)C(C)[C@@H](C)[C@H](C/C=C/C(=O)NCC(=O)NCC(C)(C)C(=O)O[C@H](C=O)CC(C)C)OC)cc2)cc1)C(C)C.COc1ccc(C)cc1C. The van der Waals surface area contributed by atoms with E-state index in [9.17, 15) is 38.4 Å². The molecule has 0 aliphatic rings. The number of esters is 1. The zero-order valence-electron chi connectivity index (χ0n) is 53.5. The van der Waals surface area contributed by atoms with Crippen molar-refractivity contribution in [2.24, 2.45) is 34.8 Å². The minimum atomic E-state index is -1.08. The Labute approximate surface area is 520 Å². The number of aryl methyl sites for hydroxylation is 2. The van der Waals surface area contributed by atoms with Crippen molar-refractivity contribution >= 4 is 76.3 Å². The van der Waals surface area contributed by atoms with Crippen LogP contribution in [0.5, 0.6) is 5.75 Å². The van der Waals surface area contributed by atoms with E-state index >= 15 is 0 Å². The Morgan fingerprint density at radius 1 is 0.776 bits per heavy atom. The van der Waals surface area contributed by atoms with E-state index in [-0.39, 0.29) is 80.8 Å². The Morgan fingerprint density at radius 2 is 1.40 bits per heavy atom. The fourth-order valence-electron chi connectivity index (χ4n) is 8.58. The molecule has 476 valence electrons. The van der Waals surface area contributed by atoms with Gasteiger partial charge in [-0.25, -0.2) is 9.59 Å². The summed E-state index contributed by atoms with van der Waals surface area (Å²) in [5, 5.41) is 19.1. The number of alkyl halides is 1. The third-order valence-electron chi connectivity index (χ3n) is 13.9. The van der Waals surface area contributed by atoms with Crippen LogP contribution in [0.1, 0.15) is 136 Å². The number of hydrogen-bond acceptors (Lipinski definition) is 13. The van der Waals surface area contributed by atoms with Gasteiger partial charge in [-0.1, -0.05) is 145 Å². The lowest BCUT2D eigenvalue weighted by atomic mass is 9.78. The average Bonchev–Trinajstić information content (AvgIpc) is 3.49. The molecule has 20 nitrogen and oxygen atoms in total. The van der Waals surface area contributed by atoms with Gasteiger partial charge in [-0.15, -0.1) is 0 Å². The fraction of sp³-hybridized carbons (Fsp3) is 0.562. The topological polar surface area (TPSA) is 284 Å². The van der Waals surface area contributed by atoms with Crippen LogP contribution in [0.3, 0.4) is 0 Å². The number of hydrogen-bond donors (Lipinski definition) is 8. The average molecular weight is 1300 g/mol. The van der Waals surface area contributed by atoms with Gasteiger partial charge in [0, 0.05) is 32.4 Å². The molecule has 0 aromatic heterocycles. The zero-order valence-corrected chi connectivity index (χ0v) is 55.7. The molecule has 7 atom stereocenters. The minimum absolute atomic E-state index is 0.00520. The molecule has 7 amide bonds. The van der Waals surface area contributed by atoms with E-state index in [1.165, 1.54) is 17.2 Å². The summed E-state index contributed by atoms with van der Waals surface area (Å²) in [6, 6.07) is 18.9. The van der Waals surface area contributed by atoms with Crippen molar-refractivity contribution in [1.29, 1.82) is 0 Å². The first-order valence-electron chi connectivity index (χ1n) is 29.0. The highest BCUT2D eigenvalue weighted by molar-refractivity contribution is 14.1. The van der Waals surface area contributed by atoms with Crippen LogP contribution < -0.4 is 47.7 Å². The Balaban J connectivity index is 0.00000445. The molecule has 0 aliphatic carbocycles. The standard InChI is InChI=1S/C52H80N8O11.C9H12O.C2H6.CH3I/c1-32(2)26-41(29-61)71-49(66)52(8,9)31-58-45(63)28-56-44(62)16-12-15-43(69-11)36(7)34(5)35(6)39-21-17-37(18-22-39)27-57-51(68)70-30-38-19-23-40(24-20-38)59-47(64)42(14-13-25-55-50(53)67)60-48(65)46(54-10)33(3)4;1-7-4-5-9(10-3)8(2)6-7;2*1-2/h12,16-24,29,32-36,41-43,46,54H,13-15,25-28,30-31H2,1-11H3,(H,56,62)(H,57,68)(H,58,63)(H,59,64)(H,60,65)(H3,53,55,67);4-6H,1-3H3;1-2H3;1H3/b16-12+;;;/t34?,35?,36-,41+,42+,43+,46?;;;/m1.../s1. The smallest absolute Gasteiger partial charge is 0.407 e. The van der Waals surface area contributed by atoms with Crippen LogP contribution in [-0.2, 0) is 56.1 Å². The van der Waals surface area contributed by atoms with Gasteiger partial charge in [-0.3, -0.25) is 28.8 Å². The van der Waals surface area contributed by atoms with Gasteiger partial charge >= 0.3 is 18.1 Å². The highest BCUT2D eigenvalue weighted by Gasteiger charge is 2.33. The maximum absolute atomic E-state index is 13.3. The van der Waals surface area contributed by atoms with Crippen molar-refractivity contribution in [2.45, 2.75) is 159 Å². The van der Waals surface area contributed by atoms with Gasteiger partial charge in [0.2, 0.25) is 23.6 Å². The van der Waals surface area contributed by atoms with Crippen molar-refractivity contribution < 1.29 is 57.3 Å². The predicted molar refractivity (Wildman–Crippen MR) is 345 cm³/mol. The molecule has 21 heteroatoms. The Hall–Kier alpha value is -6.59. The van der Waals surface area contributed by atoms with E-state index in [1.54, 1.807) is 65.5 Å². The number of amides is 7. The van der Waals surface area contributed by atoms with E-state index in [0.717, 1.165) is 16.9 Å². The van der Waals surface area contributed by atoms with Gasteiger partial charge in [0.1, 0.15) is 18.4 Å². The number of anilines is 1. The summed E-state index contributed by atoms with van der Waals surface area (Å²) in [5.74, 6) is -0.721. The molecule has 0 aliphatic heterocycles. The lowest BCUT2D eigenvalue weighted by molar-refractivity contribution is -0.161. The van der Waals surface area contributed by atoms with Crippen LogP contribution in [0, 0.1) is 42.9 Å². The number of nitrogens with one attached hydrogen (secondary N) is 7. The molecule has 0 heterocycles. The number of nitrogens with two attached hydrogens (primary N) is 1. The first-order valence-corrected chi connectivity index (χ1v) is 31.2. The van der Waals surface area contributed by atoms with Gasteiger partial charge < -0.3 is 61.9 Å². The predicted octanol–water partition coefficient (Wildman–Crippen LogP) is 9.37. The van der Waals surface area contributed by atoms with Crippen LogP contribution >= 0.6 is 22.6 Å². The number of aldehydes is 1. The molecular formula is C64H101IN8O12. The van der Waals surface area contributed by atoms with Gasteiger partial charge in [0.15, 0.2) is 12.4 Å². The summed E-state index contributed by atoms with van der Waals surface area (Å²) in [6.07, 6.45) is 3.59. The third-order valence-corrected chi connectivity index (χ3v) is 13.9. The zero-order chi connectivity index (χ0) is 64.8. The van der Waals surface area contributed by atoms with Crippen molar-refractivity contribution in [2.75, 3.05) is 51.1 Å². The second-order valence-electron chi connectivity index (χ2n) is 21.8. The molecular weight excluding hydrogens is 1200 g/mol. The van der Waals surface area contributed by atoms with Crippen LogP contribution in [0.25, 0.3) is 0 Å². The number of halogens is 1. The van der Waals surface area contributed by atoms with E-state index < -0.39 is 59.4 Å². The third kappa shape index (κ3) is 31.4. The summed E-state index contributed by atoms with van der Waals surface area (Å²) >= 11 is 2.15. The lowest BCUT2D eigenvalue weighted by Gasteiger charge is -2.31. The minimum Gasteiger partial charge on any atom is -0.496 e. The molecule has 0 bridgehead atoms. The Bertz CT molecular complexity index is 2510. The molecule has 3 aromatic rings. The summed E-state index contributed by atoms with van der Waals surface area (Å²) in [7, 11) is 5.00. The number of carbonyl (C=O) groups excluding carboxylic acids is 8. The van der Waals surface area contributed by atoms with E-state index in [1.807, 2.05) is 89.8 Å². The molecule has 3 aromatic carbocycles. The number of benzene rings is 3. The van der Waals surface area contributed by atoms with Crippen molar-refractivity contribution in [3.8, 4) is 5.75 Å². The summed E-state index contributed by atoms with van der Waals surface area (Å²) in [6.45, 7) is 25.5. The molecule has 9 N–H and O–H groups in total. The fourth-order valence-corrected chi connectivity index (χ4v) is 8.58. The van der Waals surface area contributed by atoms with E-state index in [0.29, 0.717) is 36.8 Å². The van der Waals surface area contributed by atoms with E-state index in [2.05, 4.69) is 93.6 Å². The lowest BCUT2D eigenvalue weighted by Crippen LogP contribution is -2.52. The second-order valence-corrected chi connectivity index (χ2v) is 21.8. The van der Waals surface area contributed by atoms with Crippen LogP contribution in [-0.4, -0.2) is 118 Å². The Kier molecular flexibility index (Phi) is 39.8. The van der Waals surface area contributed by atoms with Crippen LogP contribution in [0.15, 0.2) is 78.9 Å². The van der Waals surface area contributed by atoms with Gasteiger partial charge in [0.25, 0.3) is 0 Å². The number of alkyl carbamates (subject to hydrolysis) is 1. The number of methoxy groups -OCH3 is 2. The molecule has 0 saturated carbocycles. The monoisotopic (exact) mass is 1300 g/mol. The first-order chi connectivity index (χ1) is 40.2. The van der Waals surface area contributed by atoms with Gasteiger partial charge in [-0.05, 0) is 141 Å². The number of ether oxygens (including phenoxy) is 4. The number of likely N-dealkylation sites (N-methyl/N-ethyl adjacent to an activating group) is 1. The molecule has 3 rings (SSSR count). The molecule has 0 fully saturated rings. The van der Waals surface area contributed by atoms with Gasteiger partial charge in [0.05, 0.1) is 31.2 Å². The summed E-state index contributed by atoms with van der Waals surface area (Å²) in [4.78, 5) is 101. The molecule has 3 unspecified atom stereocenters. The highest BCUT2D eigenvalue weighted by atomic mass is 127. The van der Waals surface area contributed by atoms with Crippen LogP contribution in [0.2, 0.25) is 0 Å². The van der Waals surface area contributed by atoms with Crippen molar-refractivity contribution in [1.82, 2.24) is 31.9 Å². The van der Waals surface area contributed by atoms with Gasteiger partial charge in [-0.2, -0.15) is 0 Å². The maximum atomic E-state index is 13.3. The second kappa shape index (κ2) is 43.1. The summed E-state index contributed by atoms with van der Waals surface area (Å²) in [5.41, 5.74) is 9.71. The molecule has 0 saturated heterocycles. The Morgan fingerprint density at radius 3 is 1.94 bits per heavy atom. The molecule has 85 heavy (non-hydrogen) atoms. The normalized spacial score (nSPS) is 13.4. The van der Waals surface area contributed by atoms with Crippen molar-refractivity contribution in [3.05, 3.63) is 107 Å². The van der Waals surface area contributed by atoms with E-state index in [4.69, 9.17) is 24.7 Å². The first kappa shape index (κ1) is 78.4. The molecule has 0 spiro atoms.